The summed E-state index contributed by atoms with van der Waals surface area (Å²) in [6, 6.07) is -0.0578. The Morgan fingerprint density at radius 2 is 2.36 bits per heavy atom. The van der Waals surface area contributed by atoms with E-state index in [-0.39, 0.29) is 12.1 Å². The predicted octanol–water partition coefficient (Wildman–Crippen LogP) is 2.24. The van der Waals surface area contributed by atoms with Gasteiger partial charge in [-0.25, -0.2) is 9.78 Å². The molecule has 2 amide bonds. The van der Waals surface area contributed by atoms with Gasteiger partial charge >= 0.3 is 6.03 Å². The normalized spacial score (nSPS) is 10.3. The molecule has 0 bridgehead atoms. The Morgan fingerprint density at radius 1 is 1.64 bits per heavy atom. The minimum Gasteiger partial charge on any atom is -0.336 e. The quantitative estimate of drug-likeness (QED) is 0.809. The molecule has 0 saturated heterocycles. The molecular weight excluding hydrogens is 198 g/mol. The zero-order valence-corrected chi connectivity index (χ0v) is 9.44. The van der Waals surface area contributed by atoms with Crippen molar-refractivity contribution in [2.24, 2.45) is 0 Å². The maximum atomic E-state index is 11.3. The monoisotopic (exact) mass is 213 g/mol. The first-order valence-electron chi connectivity index (χ1n) is 4.63. The number of carbonyl (C=O) groups excluding carboxylic acids is 1. The molecule has 1 rings (SSSR count). The van der Waals surface area contributed by atoms with Crippen molar-refractivity contribution in [3.8, 4) is 0 Å². The number of thiazole rings is 1. The molecule has 0 fully saturated rings. The number of rotatable bonds is 3. The zero-order chi connectivity index (χ0) is 10.6. The molecule has 0 atom stereocenters. The Labute approximate surface area is 87.7 Å². The van der Waals surface area contributed by atoms with Gasteiger partial charge in [0.25, 0.3) is 0 Å². The molecular formula is C9H15N3OS. The Morgan fingerprint density at radius 3 is 2.86 bits per heavy atom. The Bertz CT molecular complexity index is 309. The Balaban J connectivity index is 2.47. The molecule has 0 aliphatic carbocycles. The van der Waals surface area contributed by atoms with Crippen LogP contribution >= 0.6 is 11.3 Å². The van der Waals surface area contributed by atoms with Gasteiger partial charge in [-0.2, -0.15) is 0 Å². The van der Waals surface area contributed by atoms with Crippen LogP contribution in [0.25, 0.3) is 0 Å². The fourth-order valence-corrected chi connectivity index (χ4v) is 1.71. The van der Waals surface area contributed by atoms with E-state index < -0.39 is 0 Å². The summed E-state index contributed by atoms with van der Waals surface area (Å²) in [6.45, 7) is 5.87. The highest BCUT2D eigenvalue weighted by Crippen LogP contribution is 2.15. The molecule has 1 heterocycles. The van der Waals surface area contributed by atoms with Crippen molar-refractivity contribution in [1.82, 2.24) is 10.3 Å². The largest absolute Gasteiger partial charge is 0.336 e. The third kappa shape index (κ3) is 3.33. The highest BCUT2D eigenvalue weighted by atomic mass is 32.1. The maximum absolute atomic E-state index is 11.3. The Hall–Kier alpha value is -1.10. The van der Waals surface area contributed by atoms with Gasteiger partial charge in [-0.1, -0.05) is 6.92 Å². The number of aromatic nitrogens is 1. The summed E-state index contributed by atoms with van der Waals surface area (Å²) < 4.78 is 0. The second kappa shape index (κ2) is 4.95. The van der Waals surface area contributed by atoms with Gasteiger partial charge in [0.1, 0.15) is 0 Å². The van der Waals surface area contributed by atoms with Gasteiger partial charge in [0.15, 0.2) is 5.13 Å². The van der Waals surface area contributed by atoms with Gasteiger partial charge in [0, 0.05) is 11.4 Å². The molecule has 5 heteroatoms. The average Bonchev–Trinajstić information content (AvgIpc) is 2.50. The van der Waals surface area contributed by atoms with Crippen LogP contribution in [0, 0.1) is 0 Å². The molecule has 2 N–H and O–H groups in total. The molecule has 78 valence electrons. The lowest BCUT2D eigenvalue weighted by Gasteiger charge is -2.07. The van der Waals surface area contributed by atoms with E-state index in [4.69, 9.17) is 0 Å². The van der Waals surface area contributed by atoms with Crippen LogP contribution in [0.3, 0.4) is 0 Å². The fraction of sp³-hybridized carbons (Fsp3) is 0.556. The maximum Gasteiger partial charge on any atom is 0.321 e. The van der Waals surface area contributed by atoms with Crippen LogP contribution in [-0.4, -0.2) is 17.1 Å². The van der Waals surface area contributed by atoms with Crippen LogP contribution < -0.4 is 10.6 Å². The molecule has 0 radical (unpaired) electrons. The van der Waals surface area contributed by atoms with Crippen LogP contribution in [0.2, 0.25) is 0 Å². The van der Waals surface area contributed by atoms with Crippen molar-refractivity contribution in [2.45, 2.75) is 33.2 Å². The van der Waals surface area contributed by atoms with E-state index in [9.17, 15) is 4.79 Å². The number of anilines is 1. The van der Waals surface area contributed by atoms with E-state index in [0.717, 1.165) is 12.1 Å². The molecule has 1 aromatic heterocycles. The summed E-state index contributed by atoms with van der Waals surface area (Å²) in [5.41, 5.74) is 1.01. The van der Waals surface area contributed by atoms with Crippen LogP contribution in [-0.2, 0) is 6.42 Å². The highest BCUT2D eigenvalue weighted by molar-refractivity contribution is 7.13. The van der Waals surface area contributed by atoms with Gasteiger partial charge in [-0.05, 0) is 20.3 Å². The minimum atomic E-state index is -0.197. The van der Waals surface area contributed by atoms with Gasteiger partial charge in [0.05, 0.1) is 5.69 Å². The van der Waals surface area contributed by atoms with Crippen molar-refractivity contribution in [3.05, 3.63) is 11.1 Å². The first kappa shape index (κ1) is 11.0. The van der Waals surface area contributed by atoms with Crippen molar-refractivity contribution in [2.75, 3.05) is 5.32 Å². The SMILES string of the molecule is CCc1csc(NC(=O)NC(C)C)n1. The standard InChI is InChI=1S/C9H15N3OS/c1-4-7-5-14-9(11-7)12-8(13)10-6(2)3/h5-6H,4H2,1-3H3,(H2,10,11,12,13). The van der Waals surface area contributed by atoms with Crippen LogP contribution in [0.5, 0.6) is 0 Å². The number of hydrogen-bond donors (Lipinski definition) is 2. The number of nitrogens with one attached hydrogen (secondary N) is 2. The number of hydrogen-bond acceptors (Lipinski definition) is 3. The lowest BCUT2D eigenvalue weighted by Crippen LogP contribution is -2.34. The molecule has 14 heavy (non-hydrogen) atoms. The third-order valence-corrected chi connectivity index (χ3v) is 2.36. The molecule has 0 aliphatic heterocycles. The summed E-state index contributed by atoms with van der Waals surface area (Å²) in [5, 5.41) is 8.02. The van der Waals surface area contributed by atoms with Crippen LogP contribution in [0.4, 0.5) is 9.93 Å². The van der Waals surface area contributed by atoms with Crippen molar-refractivity contribution >= 4 is 22.5 Å². The molecule has 0 aromatic carbocycles. The third-order valence-electron chi connectivity index (χ3n) is 1.55. The van der Waals surface area contributed by atoms with Gasteiger partial charge in [-0.3, -0.25) is 5.32 Å². The van der Waals surface area contributed by atoms with Gasteiger partial charge < -0.3 is 5.32 Å². The summed E-state index contributed by atoms with van der Waals surface area (Å²) >= 11 is 1.45. The highest BCUT2D eigenvalue weighted by Gasteiger charge is 2.05. The summed E-state index contributed by atoms with van der Waals surface area (Å²) in [7, 11) is 0. The number of carbonyl (C=O) groups is 1. The summed E-state index contributed by atoms with van der Waals surface area (Å²) in [6.07, 6.45) is 0.893. The molecule has 4 nitrogen and oxygen atoms in total. The topological polar surface area (TPSA) is 54.0 Å². The predicted molar refractivity (Wildman–Crippen MR) is 58.8 cm³/mol. The van der Waals surface area contributed by atoms with Crippen molar-refractivity contribution in [1.29, 1.82) is 0 Å². The van der Waals surface area contributed by atoms with Crippen molar-refractivity contribution < 1.29 is 4.79 Å². The van der Waals surface area contributed by atoms with E-state index >= 15 is 0 Å². The van der Waals surface area contributed by atoms with Gasteiger partial charge in [0.2, 0.25) is 0 Å². The van der Waals surface area contributed by atoms with Crippen molar-refractivity contribution in [3.63, 3.8) is 0 Å². The van der Waals surface area contributed by atoms with E-state index in [0.29, 0.717) is 5.13 Å². The summed E-state index contributed by atoms with van der Waals surface area (Å²) in [5.74, 6) is 0. The zero-order valence-electron chi connectivity index (χ0n) is 8.63. The van der Waals surface area contributed by atoms with Crippen LogP contribution in [0.1, 0.15) is 26.5 Å². The van der Waals surface area contributed by atoms with Gasteiger partial charge in [-0.15, -0.1) is 11.3 Å². The number of urea groups is 1. The molecule has 0 aliphatic rings. The van der Waals surface area contributed by atoms with E-state index in [1.54, 1.807) is 0 Å². The molecule has 0 saturated carbocycles. The summed E-state index contributed by atoms with van der Waals surface area (Å²) in [4.78, 5) is 15.5. The smallest absolute Gasteiger partial charge is 0.321 e. The first-order valence-corrected chi connectivity index (χ1v) is 5.51. The second-order valence-electron chi connectivity index (χ2n) is 3.25. The fourth-order valence-electron chi connectivity index (χ4n) is 0.922. The number of aryl methyl sites for hydroxylation is 1. The average molecular weight is 213 g/mol. The van der Waals surface area contributed by atoms with E-state index in [1.165, 1.54) is 11.3 Å². The Kier molecular flexibility index (Phi) is 3.88. The first-order chi connectivity index (χ1) is 6.61. The van der Waals surface area contributed by atoms with E-state index in [1.807, 2.05) is 26.2 Å². The lowest BCUT2D eigenvalue weighted by atomic mass is 10.4. The number of nitrogens with zero attached hydrogens (tertiary/aromatic N) is 1. The minimum absolute atomic E-state index is 0.139. The molecule has 1 aromatic rings. The molecule has 0 spiro atoms. The molecule has 0 unspecified atom stereocenters. The van der Waals surface area contributed by atoms with Crippen LogP contribution in [0.15, 0.2) is 5.38 Å². The van der Waals surface area contributed by atoms with E-state index in [2.05, 4.69) is 15.6 Å². The second-order valence-corrected chi connectivity index (χ2v) is 4.11. The lowest BCUT2D eigenvalue weighted by molar-refractivity contribution is 0.250. The number of amides is 2.